The van der Waals surface area contributed by atoms with E-state index in [1.165, 1.54) is 19.3 Å². The molecule has 6 nitrogen and oxygen atoms in total. The lowest BCUT2D eigenvalue weighted by atomic mass is 10.1. The number of amidine groups is 1. The van der Waals surface area contributed by atoms with Crippen LogP contribution in [0, 0.1) is 0 Å². The zero-order valence-corrected chi connectivity index (χ0v) is 11.1. The summed E-state index contributed by atoms with van der Waals surface area (Å²) in [6, 6.07) is 0. The highest BCUT2D eigenvalue weighted by molar-refractivity contribution is 5.83. The van der Waals surface area contributed by atoms with Gasteiger partial charge >= 0.3 is 0 Å². The molecule has 18 heavy (non-hydrogen) atoms. The van der Waals surface area contributed by atoms with E-state index < -0.39 is 0 Å². The minimum absolute atomic E-state index is 0.102. The van der Waals surface area contributed by atoms with E-state index in [9.17, 15) is 0 Å². The molecule has 1 aliphatic heterocycles. The Bertz CT molecular complexity index is 243. The van der Waals surface area contributed by atoms with Crippen LogP contribution in [-0.4, -0.2) is 49.6 Å². The van der Waals surface area contributed by atoms with Crippen LogP contribution in [0.25, 0.3) is 0 Å². The molecule has 0 spiro atoms. The molecule has 0 amide bonds. The summed E-state index contributed by atoms with van der Waals surface area (Å²) in [5, 5.41) is 14.6. The zero-order chi connectivity index (χ0) is 13.2. The van der Waals surface area contributed by atoms with Crippen LogP contribution in [0.5, 0.6) is 0 Å². The fourth-order valence-electron chi connectivity index (χ4n) is 1.90. The molecule has 1 aliphatic rings. The highest BCUT2D eigenvalue weighted by atomic mass is 16.5. The molecular weight excluding hydrogens is 234 g/mol. The Balaban J connectivity index is 1.92. The van der Waals surface area contributed by atoms with Gasteiger partial charge in [-0.25, -0.2) is 0 Å². The second kappa shape index (κ2) is 9.13. The minimum Gasteiger partial charge on any atom is -0.409 e. The maximum atomic E-state index is 8.44. The molecule has 1 heterocycles. The molecule has 0 aromatic heterocycles. The normalized spacial score (nSPS) is 22.9. The number of ether oxygens (including phenoxy) is 2. The first kappa shape index (κ1) is 15.2. The standard InChI is InChI=1S/C12H25N3O3/c1-10(12(13)15-16)17-9-7-14-6-5-11-4-2-3-8-18-11/h10-11,14,16H,2-9H2,1H3,(H2,13,15). The fraction of sp³-hybridized carbons (Fsp3) is 0.917. The van der Waals surface area contributed by atoms with Crippen LogP contribution in [0.3, 0.4) is 0 Å². The smallest absolute Gasteiger partial charge is 0.168 e. The first-order valence-electron chi connectivity index (χ1n) is 6.65. The Morgan fingerprint density at radius 2 is 2.39 bits per heavy atom. The average molecular weight is 259 g/mol. The molecule has 0 bridgehead atoms. The van der Waals surface area contributed by atoms with Crippen LogP contribution in [0.1, 0.15) is 32.6 Å². The van der Waals surface area contributed by atoms with Crippen molar-refractivity contribution < 1.29 is 14.7 Å². The third-order valence-electron chi connectivity index (χ3n) is 3.10. The van der Waals surface area contributed by atoms with Crippen molar-refractivity contribution in [1.82, 2.24) is 5.32 Å². The van der Waals surface area contributed by atoms with Gasteiger partial charge in [-0.3, -0.25) is 0 Å². The predicted molar refractivity (Wildman–Crippen MR) is 69.9 cm³/mol. The zero-order valence-electron chi connectivity index (χ0n) is 11.1. The van der Waals surface area contributed by atoms with E-state index in [4.69, 9.17) is 20.4 Å². The molecule has 1 saturated heterocycles. The van der Waals surface area contributed by atoms with E-state index in [2.05, 4.69) is 10.5 Å². The van der Waals surface area contributed by atoms with Gasteiger partial charge in [0.05, 0.1) is 12.7 Å². The first-order chi connectivity index (χ1) is 8.74. The van der Waals surface area contributed by atoms with E-state index in [1.54, 1.807) is 6.92 Å². The van der Waals surface area contributed by atoms with Gasteiger partial charge in [0, 0.05) is 13.2 Å². The van der Waals surface area contributed by atoms with Gasteiger partial charge in [-0.2, -0.15) is 0 Å². The van der Waals surface area contributed by atoms with Gasteiger partial charge in [0.25, 0.3) is 0 Å². The van der Waals surface area contributed by atoms with Crippen LogP contribution in [0.2, 0.25) is 0 Å². The number of nitrogens with two attached hydrogens (primary N) is 1. The number of nitrogens with one attached hydrogen (secondary N) is 1. The van der Waals surface area contributed by atoms with Crippen LogP contribution in [-0.2, 0) is 9.47 Å². The van der Waals surface area contributed by atoms with Gasteiger partial charge in [0.15, 0.2) is 5.84 Å². The Hall–Kier alpha value is -0.850. The summed E-state index contributed by atoms with van der Waals surface area (Å²) < 4.78 is 11.0. The Kier molecular flexibility index (Phi) is 7.71. The number of hydrogen-bond donors (Lipinski definition) is 3. The van der Waals surface area contributed by atoms with Gasteiger partial charge in [-0.15, -0.1) is 0 Å². The summed E-state index contributed by atoms with van der Waals surface area (Å²) in [6.45, 7) is 4.90. The summed E-state index contributed by atoms with van der Waals surface area (Å²) in [7, 11) is 0. The summed E-state index contributed by atoms with van der Waals surface area (Å²) in [4.78, 5) is 0. The van der Waals surface area contributed by atoms with Crippen molar-refractivity contribution in [3.05, 3.63) is 0 Å². The lowest BCUT2D eigenvalue weighted by Crippen LogP contribution is -2.32. The summed E-state index contributed by atoms with van der Waals surface area (Å²) in [5.74, 6) is 0.102. The number of hydrogen-bond acceptors (Lipinski definition) is 5. The van der Waals surface area contributed by atoms with Crippen molar-refractivity contribution >= 4 is 5.84 Å². The highest BCUT2D eigenvalue weighted by Gasteiger charge is 2.12. The monoisotopic (exact) mass is 259 g/mol. The van der Waals surface area contributed by atoms with Gasteiger partial charge in [-0.1, -0.05) is 5.16 Å². The number of nitrogens with zero attached hydrogens (tertiary/aromatic N) is 1. The van der Waals surface area contributed by atoms with Gasteiger partial charge < -0.3 is 25.7 Å². The molecule has 2 unspecified atom stereocenters. The quantitative estimate of drug-likeness (QED) is 0.196. The third-order valence-corrected chi connectivity index (χ3v) is 3.10. The van der Waals surface area contributed by atoms with Crippen LogP contribution in [0.4, 0.5) is 0 Å². The first-order valence-corrected chi connectivity index (χ1v) is 6.65. The van der Waals surface area contributed by atoms with E-state index in [1.807, 2.05) is 0 Å². The van der Waals surface area contributed by atoms with Crippen LogP contribution < -0.4 is 11.1 Å². The van der Waals surface area contributed by atoms with Crippen LogP contribution in [0.15, 0.2) is 5.16 Å². The summed E-state index contributed by atoms with van der Waals surface area (Å²) in [6.07, 6.45) is 4.78. The lowest BCUT2D eigenvalue weighted by Gasteiger charge is -2.22. The molecule has 0 aromatic carbocycles. The second-order valence-corrected chi connectivity index (χ2v) is 4.57. The summed E-state index contributed by atoms with van der Waals surface area (Å²) in [5.41, 5.74) is 5.39. The maximum absolute atomic E-state index is 8.44. The molecule has 6 heteroatoms. The minimum atomic E-state index is -0.349. The number of rotatable bonds is 8. The molecule has 2 atom stereocenters. The molecule has 1 rings (SSSR count). The van der Waals surface area contributed by atoms with Gasteiger partial charge in [-0.05, 0) is 39.2 Å². The van der Waals surface area contributed by atoms with Crippen molar-refractivity contribution in [2.24, 2.45) is 10.9 Å². The molecule has 0 aliphatic carbocycles. The predicted octanol–water partition coefficient (Wildman–Crippen LogP) is 0.687. The van der Waals surface area contributed by atoms with Crippen molar-refractivity contribution in [1.29, 1.82) is 0 Å². The molecule has 4 N–H and O–H groups in total. The third kappa shape index (κ3) is 6.18. The lowest BCUT2D eigenvalue weighted by molar-refractivity contribution is 0.0112. The van der Waals surface area contributed by atoms with Crippen molar-refractivity contribution in [3.63, 3.8) is 0 Å². The molecular formula is C12H25N3O3. The molecule has 1 fully saturated rings. The molecule has 0 saturated carbocycles. The molecule has 0 radical (unpaired) electrons. The second-order valence-electron chi connectivity index (χ2n) is 4.57. The Morgan fingerprint density at radius 3 is 3.06 bits per heavy atom. The summed E-state index contributed by atoms with van der Waals surface area (Å²) >= 11 is 0. The Labute approximate surface area is 109 Å². The average Bonchev–Trinajstić information content (AvgIpc) is 2.42. The van der Waals surface area contributed by atoms with Crippen molar-refractivity contribution in [2.45, 2.75) is 44.8 Å². The largest absolute Gasteiger partial charge is 0.409 e. The van der Waals surface area contributed by atoms with E-state index >= 15 is 0 Å². The highest BCUT2D eigenvalue weighted by Crippen LogP contribution is 2.14. The maximum Gasteiger partial charge on any atom is 0.168 e. The SMILES string of the molecule is CC(OCCNCCC1CCCCO1)C(N)=NO. The topological polar surface area (TPSA) is 89.1 Å². The van der Waals surface area contributed by atoms with E-state index in [-0.39, 0.29) is 11.9 Å². The number of oxime groups is 1. The van der Waals surface area contributed by atoms with Gasteiger partial charge in [0.2, 0.25) is 0 Å². The van der Waals surface area contributed by atoms with E-state index in [0.29, 0.717) is 12.7 Å². The Morgan fingerprint density at radius 1 is 1.56 bits per heavy atom. The fourth-order valence-corrected chi connectivity index (χ4v) is 1.90. The van der Waals surface area contributed by atoms with Crippen LogP contribution >= 0.6 is 0 Å². The van der Waals surface area contributed by atoms with Gasteiger partial charge in [0.1, 0.15) is 6.10 Å². The van der Waals surface area contributed by atoms with Crippen molar-refractivity contribution in [3.8, 4) is 0 Å². The van der Waals surface area contributed by atoms with E-state index in [0.717, 1.165) is 26.1 Å². The molecule has 0 aromatic rings. The van der Waals surface area contributed by atoms with Crippen molar-refractivity contribution in [2.75, 3.05) is 26.3 Å². The molecule has 106 valence electrons.